The molecule has 0 radical (unpaired) electrons. The Hall–Kier alpha value is -2.84. The molecule has 152 valence electrons. The van der Waals surface area contributed by atoms with Crippen molar-refractivity contribution in [3.8, 4) is 11.5 Å². The molecule has 3 aromatic rings. The van der Waals surface area contributed by atoms with E-state index in [2.05, 4.69) is 10.1 Å². The van der Waals surface area contributed by atoms with Gasteiger partial charge in [-0.05, 0) is 36.4 Å². The van der Waals surface area contributed by atoms with Gasteiger partial charge < -0.3 is 19.2 Å². The molecule has 0 unspecified atom stereocenters. The zero-order valence-corrected chi connectivity index (χ0v) is 15.9. The zero-order valence-electron chi connectivity index (χ0n) is 14.4. The minimum absolute atomic E-state index is 0.0381. The highest BCUT2D eigenvalue weighted by Gasteiger charge is 2.17. The standard InChI is InChI=1S/C19H12Cl2F3NO4/c20-12-2-1-3-14(17(12)21)27-9-11-5-7-15(28-11)18(26)25-13-6-4-10(22)8-16(13)29-19(23)24/h1-8,19H,9H2,(H,25,26). The highest BCUT2D eigenvalue weighted by Crippen LogP contribution is 2.32. The fourth-order valence-electron chi connectivity index (χ4n) is 2.30. The number of halogens is 5. The third-order valence-corrected chi connectivity index (χ3v) is 4.38. The van der Waals surface area contributed by atoms with Gasteiger partial charge in [-0.25, -0.2) is 4.39 Å². The van der Waals surface area contributed by atoms with Gasteiger partial charge in [-0.3, -0.25) is 4.79 Å². The largest absolute Gasteiger partial charge is 0.484 e. The van der Waals surface area contributed by atoms with Crippen molar-refractivity contribution in [3.05, 3.63) is 75.9 Å². The number of benzene rings is 2. The molecule has 1 N–H and O–H groups in total. The highest BCUT2D eigenvalue weighted by molar-refractivity contribution is 6.42. The molecular formula is C19H12Cl2F3NO4. The van der Waals surface area contributed by atoms with Gasteiger partial charge in [0.1, 0.15) is 29.0 Å². The highest BCUT2D eigenvalue weighted by atomic mass is 35.5. The number of hydrogen-bond donors (Lipinski definition) is 1. The number of anilines is 1. The van der Waals surface area contributed by atoms with Gasteiger partial charge in [-0.2, -0.15) is 8.78 Å². The summed E-state index contributed by atoms with van der Waals surface area (Å²) in [5.41, 5.74) is -0.142. The maximum atomic E-state index is 13.3. The van der Waals surface area contributed by atoms with Gasteiger partial charge in [-0.15, -0.1) is 0 Å². The lowest BCUT2D eigenvalue weighted by atomic mass is 10.2. The van der Waals surface area contributed by atoms with Gasteiger partial charge in [0.25, 0.3) is 5.91 Å². The van der Waals surface area contributed by atoms with Gasteiger partial charge in [0.2, 0.25) is 0 Å². The zero-order chi connectivity index (χ0) is 21.0. The number of carbonyl (C=O) groups excluding carboxylic acids is 1. The number of carbonyl (C=O) groups is 1. The van der Waals surface area contributed by atoms with E-state index in [9.17, 15) is 18.0 Å². The lowest BCUT2D eigenvalue weighted by molar-refractivity contribution is -0.0495. The summed E-state index contributed by atoms with van der Waals surface area (Å²) in [6, 6.07) is 10.6. The van der Waals surface area contributed by atoms with Gasteiger partial charge in [0.05, 0.1) is 10.7 Å². The van der Waals surface area contributed by atoms with Gasteiger partial charge in [-0.1, -0.05) is 29.3 Å². The molecule has 0 aliphatic heterocycles. The number of furan rings is 1. The summed E-state index contributed by atoms with van der Waals surface area (Å²) < 4.78 is 53.3. The topological polar surface area (TPSA) is 60.7 Å². The molecule has 3 rings (SSSR count). The van der Waals surface area contributed by atoms with Crippen molar-refractivity contribution >= 4 is 34.8 Å². The van der Waals surface area contributed by atoms with Gasteiger partial charge in [0.15, 0.2) is 11.5 Å². The minimum atomic E-state index is -3.18. The van der Waals surface area contributed by atoms with Crippen molar-refractivity contribution in [3.63, 3.8) is 0 Å². The average Bonchev–Trinajstić information content (AvgIpc) is 3.14. The molecule has 0 spiro atoms. The van der Waals surface area contributed by atoms with Crippen LogP contribution in [0.25, 0.3) is 0 Å². The summed E-state index contributed by atoms with van der Waals surface area (Å²) in [4.78, 5) is 12.3. The Kier molecular flexibility index (Phi) is 6.56. The summed E-state index contributed by atoms with van der Waals surface area (Å²) in [7, 11) is 0. The second-order valence-electron chi connectivity index (χ2n) is 5.58. The molecule has 0 bridgehead atoms. The van der Waals surface area contributed by atoms with E-state index >= 15 is 0 Å². The van der Waals surface area contributed by atoms with Gasteiger partial charge >= 0.3 is 6.61 Å². The van der Waals surface area contributed by atoms with E-state index in [0.717, 1.165) is 18.2 Å². The van der Waals surface area contributed by atoms with E-state index in [0.29, 0.717) is 16.5 Å². The fourth-order valence-corrected chi connectivity index (χ4v) is 2.65. The molecule has 10 heteroatoms. The van der Waals surface area contributed by atoms with E-state index in [1.54, 1.807) is 18.2 Å². The maximum absolute atomic E-state index is 13.3. The third-order valence-electron chi connectivity index (χ3n) is 3.58. The molecule has 2 aromatic carbocycles. The number of alkyl halides is 2. The summed E-state index contributed by atoms with van der Waals surface area (Å²) >= 11 is 11.9. The number of hydrogen-bond acceptors (Lipinski definition) is 4. The third kappa shape index (κ3) is 5.36. The summed E-state index contributed by atoms with van der Waals surface area (Å²) in [5, 5.41) is 2.89. The average molecular weight is 446 g/mol. The van der Waals surface area contributed by atoms with Crippen molar-refractivity contribution in [1.82, 2.24) is 0 Å². The first kappa shape index (κ1) is 20.9. The van der Waals surface area contributed by atoms with Crippen molar-refractivity contribution in [2.75, 3.05) is 5.32 Å². The Morgan fingerprint density at radius 3 is 2.66 bits per heavy atom. The van der Waals surface area contributed by atoms with Crippen LogP contribution in [0.15, 0.2) is 52.9 Å². The van der Waals surface area contributed by atoms with E-state index in [-0.39, 0.29) is 23.1 Å². The minimum Gasteiger partial charge on any atom is -0.484 e. The maximum Gasteiger partial charge on any atom is 0.387 e. The van der Waals surface area contributed by atoms with Gasteiger partial charge in [0, 0.05) is 6.07 Å². The van der Waals surface area contributed by atoms with Crippen LogP contribution in [0.2, 0.25) is 10.0 Å². The van der Waals surface area contributed by atoms with Crippen molar-refractivity contribution in [2.24, 2.45) is 0 Å². The molecule has 0 atom stereocenters. The van der Waals surface area contributed by atoms with E-state index < -0.39 is 24.1 Å². The van der Waals surface area contributed by atoms with Crippen molar-refractivity contribution < 1.29 is 31.9 Å². The van der Waals surface area contributed by atoms with Crippen LogP contribution in [0.4, 0.5) is 18.9 Å². The predicted octanol–water partition coefficient (Wildman–Crippen LogP) is 6.16. The normalized spacial score (nSPS) is 10.8. The lowest BCUT2D eigenvalue weighted by Gasteiger charge is -2.11. The molecule has 1 aromatic heterocycles. The number of ether oxygens (including phenoxy) is 2. The summed E-state index contributed by atoms with van der Waals surface area (Å²) in [6.45, 7) is -3.22. The SMILES string of the molecule is O=C(Nc1ccc(F)cc1OC(F)F)c1ccc(COc2cccc(Cl)c2Cl)o1. The molecule has 29 heavy (non-hydrogen) atoms. The Balaban J connectivity index is 1.67. The molecule has 0 saturated heterocycles. The molecule has 0 fully saturated rings. The lowest BCUT2D eigenvalue weighted by Crippen LogP contribution is -2.13. The Morgan fingerprint density at radius 1 is 1.10 bits per heavy atom. The molecule has 0 aliphatic carbocycles. The van der Waals surface area contributed by atoms with Crippen LogP contribution in [0.1, 0.15) is 16.3 Å². The summed E-state index contributed by atoms with van der Waals surface area (Å²) in [5.74, 6) is -1.54. The Labute approximate surface area is 172 Å². The van der Waals surface area contributed by atoms with Crippen LogP contribution in [0.3, 0.4) is 0 Å². The summed E-state index contributed by atoms with van der Waals surface area (Å²) in [6.07, 6.45) is 0. The molecule has 5 nitrogen and oxygen atoms in total. The Bertz CT molecular complexity index is 1030. The van der Waals surface area contributed by atoms with Crippen LogP contribution in [0, 0.1) is 5.82 Å². The first-order valence-electron chi connectivity index (χ1n) is 8.04. The quantitative estimate of drug-likeness (QED) is 0.473. The van der Waals surface area contributed by atoms with Crippen molar-refractivity contribution in [2.45, 2.75) is 13.2 Å². The fraction of sp³-hybridized carbons (Fsp3) is 0.105. The molecule has 0 aliphatic rings. The first-order valence-corrected chi connectivity index (χ1v) is 8.80. The van der Waals surface area contributed by atoms with E-state index in [1.165, 1.54) is 12.1 Å². The predicted molar refractivity (Wildman–Crippen MR) is 100 cm³/mol. The first-order chi connectivity index (χ1) is 13.8. The number of amides is 1. The van der Waals surface area contributed by atoms with Crippen LogP contribution < -0.4 is 14.8 Å². The van der Waals surface area contributed by atoms with E-state index in [4.69, 9.17) is 32.4 Å². The van der Waals surface area contributed by atoms with Crippen LogP contribution in [0.5, 0.6) is 11.5 Å². The Morgan fingerprint density at radius 2 is 1.90 bits per heavy atom. The van der Waals surface area contributed by atoms with Crippen molar-refractivity contribution in [1.29, 1.82) is 0 Å². The number of rotatable bonds is 7. The van der Waals surface area contributed by atoms with Crippen LogP contribution >= 0.6 is 23.2 Å². The molecule has 1 amide bonds. The van der Waals surface area contributed by atoms with E-state index in [1.807, 2.05) is 0 Å². The molecular weight excluding hydrogens is 434 g/mol. The number of nitrogens with one attached hydrogen (secondary N) is 1. The smallest absolute Gasteiger partial charge is 0.387 e. The second kappa shape index (κ2) is 9.11. The monoisotopic (exact) mass is 445 g/mol. The van der Waals surface area contributed by atoms with Crippen LogP contribution in [-0.2, 0) is 6.61 Å². The molecule has 0 saturated carbocycles. The van der Waals surface area contributed by atoms with Crippen LogP contribution in [-0.4, -0.2) is 12.5 Å². The second-order valence-corrected chi connectivity index (χ2v) is 6.36. The molecule has 1 heterocycles.